The predicted molar refractivity (Wildman–Crippen MR) is 56.0 cm³/mol. The lowest BCUT2D eigenvalue weighted by atomic mass is 10.1. The number of benzene rings is 1. The van der Waals surface area contributed by atoms with Gasteiger partial charge in [-0.1, -0.05) is 12.1 Å². The maximum absolute atomic E-state index is 11.7. The quantitative estimate of drug-likeness (QED) is 0.694. The van der Waals surface area contributed by atoms with Gasteiger partial charge in [-0.25, -0.2) is 0 Å². The molecule has 17 heavy (non-hydrogen) atoms. The largest absolute Gasteiger partial charge is 0.394 e. The van der Waals surface area contributed by atoms with Gasteiger partial charge in [0.1, 0.15) is 12.7 Å². The molecule has 0 aromatic heterocycles. The van der Waals surface area contributed by atoms with Crippen molar-refractivity contribution in [3.05, 3.63) is 35.4 Å². The monoisotopic (exact) mass is 237 g/mol. The van der Waals surface area contributed by atoms with E-state index in [1.807, 2.05) is 0 Å². The van der Waals surface area contributed by atoms with Gasteiger partial charge in [0.2, 0.25) is 0 Å². The number of fused-ring (bicyclic) bond motifs is 1. The average Bonchev–Trinajstić information content (AvgIpc) is 2.60. The van der Waals surface area contributed by atoms with Gasteiger partial charge >= 0.3 is 0 Å². The minimum atomic E-state index is -1.13. The number of carbonyl (C=O) groups is 2. The SMILES string of the molecule is O=C1c2ccccc2C(=O)N1OCC(O)CO. The van der Waals surface area contributed by atoms with Crippen LogP contribution in [0.15, 0.2) is 24.3 Å². The molecular formula is C11H11NO5. The number of imide groups is 1. The van der Waals surface area contributed by atoms with E-state index < -0.39 is 24.5 Å². The molecule has 90 valence electrons. The second-order valence-corrected chi connectivity index (χ2v) is 3.58. The Morgan fingerprint density at radius 1 is 1.18 bits per heavy atom. The number of carbonyl (C=O) groups excluding carboxylic acids is 2. The highest BCUT2D eigenvalue weighted by Gasteiger charge is 2.36. The van der Waals surface area contributed by atoms with Gasteiger partial charge in [0.25, 0.3) is 11.8 Å². The number of aliphatic hydroxyl groups excluding tert-OH is 2. The molecule has 0 saturated heterocycles. The van der Waals surface area contributed by atoms with E-state index in [0.717, 1.165) is 0 Å². The first kappa shape index (κ1) is 11.7. The second kappa shape index (κ2) is 4.62. The Morgan fingerprint density at radius 2 is 1.71 bits per heavy atom. The molecule has 0 radical (unpaired) electrons. The van der Waals surface area contributed by atoms with Gasteiger partial charge in [-0.15, -0.1) is 5.06 Å². The first-order chi connectivity index (χ1) is 8.15. The summed E-state index contributed by atoms with van der Waals surface area (Å²) < 4.78 is 0. The van der Waals surface area contributed by atoms with E-state index in [1.165, 1.54) is 12.1 Å². The number of aliphatic hydroxyl groups is 2. The highest BCUT2D eigenvalue weighted by atomic mass is 16.7. The number of hydrogen-bond donors (Lipinski definition) is 2. The van der Waals surface area contributed by atoms with E-state index in [9.17, 15) is 9.59 Å². The van der Waals surface area contributed by atoms with Crippen molar-refractivity contribution in [2.45, 2.75) is 6.10 Å². The summed E-state index contributed by atoms with van der Waals surface area (Å²) in [5.41, 5.74) is 0.548. The van der Waals surface area contributed by atoms with E-state index in [4.69, 9.17) is 15.1 Å². The topological polar surface area (TPSA) is 87.1 Å². The molecule has 6 nitrogen and oxygen atoms in total. The number of amides is 2. The van der Waals surface area contributed by atoms with Crippen molar-refractivity contribution in [3.63, 3.8) is 0 Å². The van der Waals surface area contributed by atoms with Gasteiger partial charge in [0, 0.05) is 0 Å². The zero-order chi connectivity index (χ0) is 12.4. The van der Waals surface area contributed by atoms with Gasteiger partial charge in [-0.3, -0.25) is 14.4 Å². The molecule has 6 heteroatoms. The molecule has 0 fully saturated rings. The van der Waals surface area contributed by atoms with Crippen LogP contribution in [0.2, 0.25) is 0 Å². The minimum Gasteiger partial charge on any atom is -0.394 e. The summed E-state index contributed by atoms with van der Waals surface area (Å²) in [4.78, 5) is 28.4. The molecule has 0 saturated carbocycles. The number of rotatable bonds is 4. The Hall–Kier alpha value is -1.76. The van der Waals surface area contributed by atoms with Crippen LogP contribution in [0.4, 0.5) is 0 Å². The Bertz CT molecular complexity index is 424. The lowest BCUT2D eigenvalue weighted by molar-refractivity contribution is -0.121. The first-order valence-corrected chi connectivity index (χ1v) is 5.04. The normalized spacial score (nSPS) is 16.2. The van der Waals surface area contributed by atoms with Crippen molar-refractivity contribution in [1.29, 1.82) is 0 Å². The molecule has 1 aromatic carbocycles. The standard InChI is InChI=1S/C11H11NO5/c13-5-7(14)6-17-12-10(15)8-3-1-2-4-9(8)11(12)16/h1-4,7,13-14H,5-6H2. The Kier molecular flexibility index (Phi) is 3.19. The van der Waals surface area contributed by atoms with Crippen LogP contribution in [-0.4, -0.2) is 46.4 Å². The molecule has 1 aliphatic rings. The van der Waals surface area contributed by atoms with Crippen LogP contribution in [0.25, 0.3) is 0 Å². The summed E-state index contributed by atoms with van der Waals surface area (Å²) >= 11 is 0. The average molecular weight is 237 g/mol. The van der Waals surface area contributed by atoms with Crippen LogP contribution in [-0.2, 0) is 4.84 Å². The van der Waals surface area contributed by atoms with E-state index in [0.29, 0.717) is 5.06 Å². The Balaban J connectivity index is 2.13. The third-order valence-corrected chi connectivity index (χ3v) is 2.36. The first-order valence-electron chi connectivity index (χ1n) is 5.04. The molecule has 1 aliphatic heterocycles. The lowest BCUT2D eigenvalue weighted by Gasteiger charge is -2.15. The molecule has 1 aromatic rings. The van der Waals surface area contributed by atoms with Crippen LogP contribution < -0.4 is 0 Å². The highest BCUT2D eigenvalue weighted by Crippen LogP contribution is 2.22. The van der Waals surface area contributed by atoms with E-state index in [2.05, 4.69) is 0 Å². The molecule has 0 aliphatic carbocycles. The maximum Gasteiger partial charge on any atom is 0.285 e. The van der Waals surface area contributed by atoms with E-state index in [1.54, 1.807) is 12.1 Å². The fourth-order valence-corrected chi connectivity index (χ4v) is 1.50. The molecule has 2 rings (SSSR count). The van der Waals surface area contributed by atoms with Crippen LogP contribution >= 0.6 is 0 Å². The molecule has 2 amide bonds. The fraction of sp³-hybridized carbons (Fsp3) is 0.273. The van der Waals surface area contributed by atoms with Crippen molar-refractivity contribution < 1.29 is 24.6 Å². The summed E-state index contributed by atoms with van der Waals surface area (Å²) in [6, 6.07) is 6.36. The zero-order valence-electron chi connectivity index (χ0n) is 8.87. The van der Waals surface area contributed by atoms with Crippen molar-refractivity contribution in [2.75, 3.05) is 13.2 Å². The molecule has 0 bridgehead atoms. The lowest BCUT2D eigenvalue weighted by Crippen LogP contribution is -2.34. The number of hydrogen-bond acceptors (Lipinski definition) is 5. The van der Waals surface area contributed by atoms with Crippen molar-refractivity contribution in [3.8, 4) is 0 Å². The molecule has 1 atom stereocenters. The third kappa shape index (κ3) is 2.05. The Morgan fingerprint density at radius 3 is 2.18 bits per heavy atom. The van der Waals surface area contributed by atoms with Gasteiger partial charge in [-0.2, -0.15) is 0 Å². The summed E-state index contributed by atoms with van der Waals surface area (Å²) in [5, 5.41) is 18.3. The van der Waals surface area contributed by atoms with Gasteiger partial charge in [-0.05, 0) is 12.1 Å². The molecule has 0 spiro atoms. The summed E-state index contributed by atoms with van der Waals surface area (Å²) in [6.07, 6.45) is -1.13. The molecule has 1 heterocycles. The summed E-state index contributed by atoms with van der Waals surface area (Å²) in [5.74, 6) is -1.12. The van der Waals surface area contributed by atoms with Crippen LogP contribution in [0.3, 0.4) is 0 Å². The zero-order valence-corrected chi connectivity index (χ0v) is 8.87. The Labute approximate surface area is 97.0 Å². The maximum atomic E-state index is 11.7. The molecule has 2 N–H and O–H groups in total. The van der Waals surface area contributed by atoms with Crippen LogP contribution in [0.5, 0.6) is 0 Å². The van der Waals surface area contributed by atoms with Crippen molar-refractivity contribution in [2.24, 2.45) is 0 Å². The van der Waals surface area contributed by atoms with E-state index >= 15 is 0 Å². The van der Waals surface area contributed by atoms with Crippen molar-refractivity contribution in [1.82, 2.24) is 5.06 Å². The van der Waals surface area contributed by atoms with Gasteiger partial charge in [0.05, 0.1) is 17.7 Å². The predicted octanol–water partition coefficient (Wildman–Crippen LogP) is -0.433. The van der Waals surface area contributed by atoms with Gasteiger partial charge < -0.3 is 10.2 Å². The molecule has 1 unspecified atom stereocenters. The highest BCUT2D eigenvalue weighted by molar-refractivity contribution is 6.20. The number of nitrogens with zero attached hydrogens (tertiary/aromatic N) is 1. The van der Waals surface area contributed by atoms with Crippen LogP contribution in [0, 0.1) is 0 Å². The molecular weight excluding hydrogens is 226 g/mol. The van der Waals surface area contributed by atoms with Crippen LogP contribution in [0.1, 0.15) is 20.7 Å². The van der Waals surface area contributed by atoms with Crippen molar-refractivity contribution >= 4 is 11.8 Å². The second-order valence-electron chi connectivity index (χ2n) is 3.58. The smallest absolute Gasteiger partial charge is 0.285 e. The third-order valence-electron chi connectivity index (χ3n) is 2.36. The summed E-state index contributed by atoms with van der Waals surface area (Å²) in [7, 11) is 0. The number of hydroxylamine groups is 2. The minimum absolute atomic E-state index is 0.274. The summed E-state index contributed by atoms with van der Waals surface area (Å²) in [6.45, 7) is -0.814. The van der Waals surface area contributed by atoms with E-state index in [-0.39, 0.29) is 17.7 Å². The fourth-order valence-electron chi connectivity index (χ4n) is 1.50. The van der Waals surface area contributed by atoms with Gasteiger partial charge in [0.15, 0.2) is 0 Å².